The fourth-order valence-corrected chi connectivity index (χ4v) is 1.35. The Labute approximate surface area is 105 Å². The number of esters is 1. The number of carbonyl (C=O) groups excluding carboxylic acids is 2. The van der Waals surface area contributed by atoms with Gasteiger partial charge in [-0.05, 0) is 20.8 Å². The molecule has 7 nitrogen and oxygen atoms in total. The lowest BCUT2D eigenvalue weighted by Gasteiger charge is -2.24. The summed E-state index contributed by atoms with van der Waals surface area (Å²) in [6, 6.07) is -0.166. The first kappa shape index (κ1) is 14.1. The fourth-order valence-electron chi connectivity index (χ4n) is 1.35. The topological polar surface area (TPSA) is 85.5 Å². The normalized spacial score (nSPS) is 10.5. The Hall–Kier alpha value is -1.92. The highest BCUT2D eigenvalue weighted by atomic mass is 16.5. The van der Waals surface area contributed by atoms with Crippen molar-refractivity contribution in [2.75, 3.05) is 13.2 Å². The third kappa shape index (κ3) is 3.54. The number of aryl methyl sites for hydroxylation is 1. The number of hydrogen-bond donors (Lipinski definition) is 0. The zero-order valence-electron chi connectivity index (χ0n) is 11.0. The summed E-state index contributed by atoms with van der Waals surface area (Å²) < 4.78 is 9.56. The average Bonchev–Trinajstić information content (AvgIpc) is 2.72. The van der Waals surface area contributed by atoms with Gasteiger partial charge in [0, 0.05) is 13.0 Å². The van der Waals surface area contributed by atoms with E-state index in [-0.39, 0.29) is 25.0 Å². The van der Waals surface area contributed by atoms with Crippen LogP contribution in [0.2, 0.25) is 0 Å². The number of rotatable bonds is 5. The highest BCUT2D eigenvalue weighted by Crippen LogP contribution is 2.06. The quantitative estimate of drug-likeness (QED) is 0.723. The highest BCUT2D eigenvalue weighted by molar-refractivity contribution is 5.92. The molecule has 0 aliphatic rings. The van der Waals surface area contributed by atoms with Crippen molar-refractivity contribution in [3.63, 3.8) is 0 Å². The minimum Gasteiger partial charge on any atom is -0.465 e. The summed E-state index contributed by atoms with van der Waals surface area (Å²) in [5.74, 6) is -0.654. The third-order valence-electron chi connectivity index (χ3n) is 2.21. The van der Waals surface area contributed by atoms with E-state index in [1.807, 2.05) is 0 Å². The van der Waals surface area contributed by atoms with Gasteiger partial charge in [0.05, 0.1) is 6.61 Å². The summed E-state index contributed by atoms with van der Waals surface area (Å²) in [7, 11) is 0. The number of aromatic nitrogens is 2. The van der Waals surface area contributed by atoms with E-state index in [0.29, 0.717) is 5.89 Å². The second-order valence-corrected chi connectivity index (χ2v) is 3.97. The van der Waals surface area contributed by atoms with Crippen molar-refractivity contribution in [3.05, 3.63) is 11.7 Å². The van der Waals surface area contributed by atoms with Crippen molar-refractivity contribution in [1.82, 2.24) is 15.0 Å². The third-order valence-corrected chi connectivity index (χ3v) is 2.21. The molecule has 1 aromatic rings. The summed E-state index contributed by atoms with van der Waals surface area (Å²) >= 11 is 0. The first-order valence-corrected chi connectivity index (χ1v) is 5.72. The monoisotopic (exact) mass is 255 g/mol. The van der Waals surface area contributed by atoms with E-state index in [1.165, 1.54) is 4.90 Å². The second-order valence-electron chi connectivity index (χ2n) is 3.97. The van der Waals surface area contributed by atoms with Crippen LogP contribution in [0.4, 0.5) is 0 Å². The SMILES string of the molecule is CCOC(=O)CN(C(=O)c1noc(C)n1)C(C)C. The van der Waals surface area contributed by atoms with E-state index >= 15 is 0 Å². The number of carbonyl (C=O) groups is 2. The molecule has 7 heteroatoms. The molecule has 0 fully saturated rings. The van der Waals surface area contributed by atoms with Crippen LogP contribution in [0.25, 0.3) is 0 Å². The van der Waals surface area contributed by atoms with Gasteiger partial charge in [-0.2, -0.15) is 4.98 Å². The zero-order chi connectivity index (χ0) is 13.7. The highest BCUT2D eigenvalue weighted by Gasteiger charge is 2.25. The molecule has 1 rings (SSSR count). The first-order chi connectivity index (χ1) is 8.45. The van der Waals surface area contributed by atoms with Gasteiger partial charge < -0.3 is 14.2 Å². The summed E-state index contributed by atoms with van der Waals surface area (Å²) in [6.07, 6.45) is 0. The molecule has 0 saturated heterocycles. The van der Waals surface area contributed by atoms with Crippen LogP contribution in [0.15, 0.2) is 4.52 Å². The predicted molar refractivity (Wildman–Crippen MR) is 61.8 cm³/mol. The van der Waals surface area contributed by atoms with Crippen LogP contribution in [-0.2, 0) is 9.53 Å². The van der Waals surface area contributed by atoms with Crippen LogP contribution in [0, 0.1) is 6.92 Å². The predicted octanol–water partition coefficient (Wildman–Crippen LogP) is 0.792. The summed E-state index contributed by atoms with van der Waals surface area (Å²) in [5.41, 5.74) is 0. The molecule has 0 unspecified atom stereocenters. The lowest BCUT2D eigenvalue weighted by atomic mass is 10.3. The van der Waals surface area contributed by atoms with Crippen LogP contribution in [0.5, 0.6) is 0 Å². The molecule has 1 heterocycles. The van der Waals surface area contributed by atoms with Crippen molar-refractivity contribution in [3.8, 4) is 0 Å². The Morgan fingerprint density at radius 2 is 2.11 bits per heavy atom. The lowest BCUT2D eigenvalue weighted by Crippen LogP contribution is -2.41. The van der Waals surface area contributed by atoms with Gasteiger partial charge in [0.2, 0.25) is 5.89 Å². The van der Waals surface area contributed by atoms with Crippen molar-refractivity contribution < 1.29 is 18.8 Å². The van der Waals surface area contributed by atoms with Gasteiger partial charge in [0.1, 0.15) is 6.54 Å². The van der Waals surface area contributed by atoms with Crippen LogP contribution >= 0.6 is 0 Å². The standard InChI is InChI=1S/C11H17N3O4/c1-5-17-9(15)6-14(7(2)3)11(16)10-12-8(4)18-13-10/h7H,5-6H2,1-4H3. The van der Waals surface area contributed by atoms with E-state index in [0.717, 1.165) is 0 Å². The van der Waals surface area contributed by atoms with Gasteiger partial charge in [-0.15, -0.1) is 0 Å². The molecule has 0 N–H and O–H groups in total. The molecule has 1 amide bonds. The molecule has 1 aromatic heterocycles. The van der Waals surface area contributed by atoms with Gasteiger partial charge in [-0.3, -0.25) is 9.59 Å². The fraction of sp³-hybridized carbons (Fsp3) is 0.636. The smallest absolute Gasteiger partial charge is 0.325 e. The molecule has 18 heavy (non-hydrogen) atoms. The number of hydrogen-bond acceptors (Lipinski definition) is 6. The summed E-state index contributed by atoms with van der Waals surface area (Å²) in [5, 5.41) is 3.54. The lowest BCUT2D eigenvalue weighted by molar-refractivity contribution is -0.144. The van der Waals surface area contributed by atoms with Crippen LogP contribution in [-0.4, -0.2) is 46.1 Å². The average molecular weight is 255 g/mol. The molecular formula is C11H17N3O4. The van der Waals surface area contributed by atoms with Crippen molar-refractivity contribution >= 4 is 11.9 Å². The number of nitrogens with zero attached hydrogens (tertiary/aromatic N) is 3. The number of amides is 1. The Morgan fingerprint density at radius 1 is 1.44 bits per heavy atom. The summed E-state index contributed by atoms with van der Waals surface area (Å²) in [4.78, 5) is 28.7. The van der Waals surface area contributed by atoms with Gasteiger partial charge >= 0.3 is 5.97 Å². The van der Waals surface area contributed by atoms with Gasteiger partial charge in [-0.1, -0.05) is 5.16 Å². The molecule has 0 aromatic carbocycles. The molecule has 0 atom stereocenters. The van der Waals surface area contributed by atoms with E-state index < -0.39 is 11.9 Å². The Kier molecular flexibility index (Phi) is 4.82. The van der Waals surface area contributed by atoms with E-state index in [1.54, 1.807) is 27.7 Å². The largest absolute Gasteiger partial charge is 0.465 e. The van der Waals surface area contributed by atoms with E-state index in [4.69, 9.17) is 9.26 Å². The Balaban J connectivity index is 2.79. The molecule has 0 aliphatic carbocycles. The number of ether oxygens (including phenoxy) is 1. The first-order valence-electron chi connectivity index (χ1n) is 5.72. The maximum Gasteiger partial charge on any atom is 0.325 e. The Bertz CT molecular complexity index is 428. The maximum atomic E-state index is 12.1. The van der Waals surface area contributed by atoms with Crippen LogP contribution in [0.1, 0.15) is 37.3 Å². The maximum absolute atomic E-state index is 12.1. The molecule has 0 aliphatic heterocycles. The molecule has 0 bridgehead atoms. The summed E-state index contributed by atoms with van der Waals surface area (Å²) in [6.45, 7) is 7.04. The Morgan fingerprint density at radius 3 is 2.56 bits per heavy atom. The van der Waals surface area contributed by atoms with Gasteiger partial charge in [0.25, 0.3) is 11.7 Å². The van der Waals surface area contributed by atoms with Gasteiger partial charge in [0.15, 0.2) is 0 Å². The minimum atomic E-state index is -0.459. The van der Waals surface area contributed by atoms with Crippen LogP contribution < -0.4 is 0 Å². The second kappa shape index (κ2) is 6.13. The van der Waals surface area contributed by atoms with Crippen LogP contribution in [0.3, 0.4) is 0 Å². The minimum absolute atomic E-state index is 0.0505. The van der Waals surface area contributed by atoms with Crippen molar-refractivity contribution in [2.45, 2.75) is 33.7 Å². The van der Waals surface area contributed by atoms with Gasteiger partial charge in [-0.25, -0.2) is 0 Å². The van der Waals surface area contributed by atoms with Crippen molar-refractivity contribution in [1.29, 1.82) is 0 Å². The molecule has 0 saturated carbocycles. The molecule has 0 radical (unpaired) electrons. The molecule has 0 spiro atoms. The van der Waals surface area contributed by atoms with E-state index in [9.17, 15) is 9.59 Å². The van der Waals surface area contributed by atoms with Crippen molar-refractivity contribution in [2.24, 2.45) is 0 Å². The zero-order valence-corrected chi connectivity index (χ0v) is 11.0. The van der Waals surface area contributed by atoms with E-state index in [2.05, 4.69) is 10.1 Å². The molecular weight excluding hydrogens is 238 g/mol. The molecule has 100 valence electrons.